The van der Waals surface area contributed by atoms with Crippen molar-refractivity contribution in [3.8, 4) is 11.3 Å². The van der Waals surface area contributed by atoms with Crippen LogP contribution in [-0.4, -0.2) is 32.3 Å². The van der Waals surface area contributed by atoms with E-state index in [1.54, 1.807) is 0 Å². The molecule has 0 aliphatic carbocycles. The van der Waals surface area contributed by atoms with Crippen LogP contribution in [0, 0.1) is 26.7 Å². The van der Waals surface area contributed by atoms with E-state index in [4.69, 9.17) is 21.6 Å². The molecule has 0 bridgehead atoms. The van der Waals surface area contributed by atoms with E-state index in [-0.39, 0.29) is 11.9 Å². The van der Waals surface area contributed by atoms with Crippen LogP contribution >= 0.6 is 22.9 Å². The molecule has 7 heteroatoms. The number of nitrogens with zero attached hydrogens (tertiary/aromatic N) is 3. The van der Waals surface area contributed by atoms with Gasteiger partial charge in [-0.05, 0) is 50.8 Å². The van der Waals surface area contributed by atoms with E-state index in [1.165, 1.54) is 16.9 Å². The van der Waals surface area contributed by atoms with Crippen molar-refractivity contribution in [1.82, 2.24) is 19.9 Å². The number of hydrogen-bond acceptors (Lipinski definition) is 4. The molecule has 1 amide bonds. The maximum absolute atomic E-state index is 13.8. The Morgan fingerprint density at radius 3 is 2.66 bits per heavy atom. The first-order valence-electron chi connectivity index (χ1n) is 10.8. The number of benzene rings is 2. The Morgan fingerprint density at radius 2 is 1.91 bits per heavy atom. The molecule has 32 heavy (non-hydrogen) atoms. The molecule has 1 aliphatic rings. The average molecular weight is 465 g/mol. The molecule has 2 aromatic carbocycles. The number of fused-ring (bicyclic) bond motifs is 1. The molecular weight excluding hydrogens is 440 g/mol. The first-order valence-corrected chi connectivity index (χ1v) is 12.0. The number of nitrogens with one attached hydrogen (secondary N) is 1. The number of hydrogen-bond donors (Lipinski definition) is 1. The molecule has 164 valence electrons. The summed E-state index contributed by atoms with van der Waals surface area (Å²) < 4.78 is 0. The number of aromatic nitrogens is 3. The van der Waals surface area contributed by atoms with Gasteiger partial charge < -0.3 is 9.88 Å². The Morgan fingerprint density at radius 1 is 1.16 bits per heavy atom. The van der Waals surface area contributed by atoms with Crippen LogP contribution in [0.2, 0.25) is 5.02 Å². The van der Waals surface area contributed by atoms with E-state index in [0.717, 1.165) is 45.1 Å². The lowest BCUT2D eigenvalue weighted by molar-refractivity contribution is 0.0720. The number of carbonyl (C=O) groups is 1. The zero-order valence-electron chi connectivity index (χ0n) is 18.6. The van der Waals surface area contributed by atoms with Crippen LogP contribution in [0.15, 0.2) is 36.4 Å². The van der Waals surface area contributed by atoms with Crippen LogP contribution in [0.25, 0.3) is 22.3 Å². The first-order chi connectivity index (χ1) is 15.3. The van der Waals surface area contributed by atoms with Gasteiger partial charge in [-0.1, -0.05) is 48.4 Å². The summed E-state index contributed by atoms with van der Waals surface area (Å²) >= 11 is 7.72. The second kappa shape index (κ2) is 8.01. The standard InChI is InChI=1S/C25H25ClN4OS/c1-13-5-7-17(8-6-13)21-23(32-16(4)27-21)25(31)30-10-9-14(2)22(30)24-28-19-12-18(26)11-15(3)20(19)29-24/h5-8,11-12,14,22H,9-10H2,1-4H3,(H,28,29)/t14-,22-/m0/s1. The Balaban J connectivity index is 1.54. The van der Waals surface area contributed by atoms with Gasteiger partial charge in [0.2, 0.25) is 0 Å². The number of thiazole rings is 1. The predicted molar refractivity (Wildman–Crippen MR) is 130 cm³/mol. The number of rotatable bonds is 3. The van der Waals surface area contributed by atoms with Crippen LogP contribution in [0.3, 0.4) is 0 Å². The van der Waals surface area contributed by atoms with Gasteiger partial charge in [0, 0.05) is 17.1 Å². The van der Waals surface area contributed by atoms with Crippen LogP contribution < -0.4 is 0 Å². The third-order valence-electron chi connectivity index (χ3n) is 6.25. The molecule has 1 N–H and O–H groups in total. The molecule has 2 aromatic heterocycles. The second-order valence-electron chi connectivity index (χ2n) is 8.73. The molecule has 1 saturated heterocycles. The molecule has 0 saturated carbocycles. The Labute approximate surface area is 196 Å². The molecule has 0 spiro atoms. The summed E-state index contributed by atoms with van der Waals surface area (Å²) in [4.78, 5) is 29.5. The average Bonchev–Trinajstić information content (AvgIpc) is 3.44. The highest BCUT2D eigenvalue weighted by Gasteiger charge is 2.39. The first kappa shape index (κ1) is 21.2. The quantitative estimate of drug-likeness (QED) is 0.377. The van der Waals surface area contributed by atoms with E-state index < -0.39 is 0 Å². The third-order valence-corrected chi connectivity index (χ3v) is 7.43. The lowest BCUT2D eigenvalue weighted by atomic mass is 10.0. The van der Waals surface area contributed by atoms with Crippen molar-refractivity contribution in [2.75, 3.05) is 6.54 Å². The summed E-state index contributed by atoms with van der Waals surface area (Å²) in [7, 11) is 0. The molecule has 4 aromatic rings. The highest BCUT2D eigenvalue weighted by molar-refractivity contribution is 7.14. The van der Waals surface area contributed by atoms with Crippen LogP contribution in [0.4, 0.5) is 0 Å². The van der Waals surface area contributed by atoms with Gasteiger partial charge in [0.15, 0.2) is 0 Å². The molecule has 2 atom stereocenters. The van der Waals surface area contributed by atoms with Crippen molar-refractivity contribution in [3.63, 3.8) is 0 Å². The van der Waals surface area contributed by atoms with Crippen molar-refractivity contribution in [3.05, 3.63) is 68.3 Å². The number of imidazole rings is 1. The fraction of sp³-hybridized carbons (Fsp3) is 0.320. The summed E-state index contributed by atoms with van der Waals surface area (Å²) in [6.07, 6.45) is 0.935. The largest absolute Gasteiger partial charge is 0.340 e. The van der Waals surface area contributed by atoms with E-state index in [2.05, 4.69) is 31.0 Å². The third kappa shape index (κ3) is 3.61. The van der Waals surface area contributed by atoms with Gasteiger partial charge >= 0.3 is 0 Å². The molecule has 0 unspecified atom stereocenters. The summed E-state index contributed by atoms with van der Waals surface area (Å²) in [5.41, 5.74) is 5.76. The van der Waals surface area contributed by atoms with E-state index >= 15 is 0 Å². The fourth-order valence-corrected chi connectivity index (χ4v) is 5.78. The fourth-order valence-electron chi connectivity index (χ4n) is 4.61. The number of carbonyl (C=O) groups excluding carboxylic acids is 1. The second-order valence-corrected chi connectivity index (χ2v) is 10.4. The van der Waals surface area contributed by atoms with Crippen LogP contribution in [0.5, 0.6) is 0 Å². The Bertz CT molecular complexity index is 1320. The minimum absolute atomic E-state index is 0.0238. The van der Waals surface area contributed by atoms with Crippen molar-refractivity contribution in [2.45, 2.75) is 40.2 Å². The van der Waals surface area contributed by atoms with Gasteiger partial charge in [-0.2, -0.15) is 0 Å². The van der Waals surface area contributed by atoms with Crippen molar-refractivity contribution < 1.29 is 4.79 Å². The van der Waals surface area contributed by atoms with Gasteiger partial charge in [-0.25, -0.2) is 9.97 Å². The number of amides is 1. The monoisotopic (exact) mass is 464 g/mol. The Kier molecular flexibility index (Phi) is 5.30. The number of aryl methyl sites for hydroxylation is 3. The zero-order valence-corrected chi connectivity index (χ0v) is 20.1. The summed E-state index contributed by atoms with van der Waals surface area (Å²) in [6, 6.07) is 11.9. The van der Waals surface area contributed by atoms with Gasteiger partial charge in [-0.15, -0.1) is 11.3 Å². The van der Waals surface area contributed by atoms with Gasteiger partial charge in [-0.3, -0.25) is 4.79 Å². The van der Waals surface area contributed by atoms with Crippen molar-refractivity contribution in [2.24, 2.45) is 5.92 Å². The van der Waals surface area contributed by atoms with Crippen molar-refractivity contribution >= 4 is 39.9 Å². The molecule has 5 rings (SSSR count). The smallest absolute Gasteiger partial charge is 0.266 e. The number of H-pyrrole nitrogens is 1. The SMILES string of the molecule is Cc1ccc(-c2nc(C)sc2C(=O)N2CC[C@H](C)[C@H]2c2nc3c(C)cc(Cl)cc3[nH]2)cc1. The highest BCUT2D eigenvalue weighted by Crippen LogP contribution is 2.40. The molecule has 5 nitrogen and oxygen atoms in total. The van der Waals surface area contributed by atoms with E-state index in [1.807, 2.05) is 43.0 Å². The van der Waals surface area contributed by atoms with Crippen LogP contribution in [0.1, 0.15) is 51.0 Å². The highest BCUT2D eigenvalue weighted by atomic mass is 35.5. The molecular formula is C25H25ClN4OS. The zero-order chi connectivity index (χ0) is 22.6. The normalized spacial score (nSPS) is 18.6. The van der Waals surface area contributed by atoms with Crippen molar-refractivity contribution in [1.29, 1.82) is 0 Å². The van der Waals surface area contributed by atoms with E-state index in [9.17, 15) is 4.79 Å². The maximum Gasteiger partial charge on any atom is 0.266 e. The van der Waals surface area contributed by atoms with Gasteiger partial charge in [0.25, 0.3) is 5.91 Å². The number of aromatic amines is 1. The summed E-state index contributed by atoms with van der Waals surface area (Å²) in [5.74, 6) is 1.14. The van der Waals surface area contributed by atoms with E-state index in [0.29, 0.717) is 22.4 Å². The topological polar surface area (TPSA) is 61.9 Å². The molecule has 0 radical (unpaired) electrons. The minimum Gasteiger partial charge on any atom is -0.340 e. The molecule has 1 fully saturated rings. The maximum atomic E-state index is 13.8. The Hall–Kier alpha value is -2.70. The van der Waals surface area contributed by atoms with Gasteiger partial charge in [0.05, 0.1) is 27.8 Å². The lowest BCUT2D eigenvalue weighted by Crippen LogP contribution is -2.32. The van der Waals surface area contributed by atoms with Gasteiger partial charge in [0.1, 0.15) is 10.7 Å². The number of likely N-dealkylation sites (tertiary alicyclic amines) is 1. The van der Waals surface area contributed by atoms with Crippen LogP contribution in [-0.2, 0) is 0 Å². The molecule has 1 aliphatic heterocycles. The number of halogens is 1. The summed E-state index contributed by atoms with van der Waals surface area (Å²) in [6.45, 7) is 8.90. The lowest BCUT2D eigenvalue weighted by Gasteiger charge is -2.25. The molecule has 3 heterocycles. The minimum atomic E-state index is -0.110. The summed E-state index contributed by atoms with van der Waals surface area (Å²) in [5, 5.41) is 1.57. The predicted octanol–water partition coefficient (Wildman–Crippen LogP) is 6.49.